The van der Waals surface area contributed by atoms with Crippen LogP contribution in [0.2, 0.25) is 0 Å². The van der Waals surface area contributed by atoms with Crippen molar-refractivity contribution in [2.45, 2.75) is 24.3 Å². The molecule has 0 saturated carbocycles. The summed E-state index contributed by atoms with van der Waals surface area (Å²) in [7, 11) is -1.59. The van der Waals surface area contributed by atoms with Crippen LogP contribution in [-0.4, -0.2) is 55.5 Å². The summed E-state index contributed by atoms with van der Waals surface area (Å²) in [6.45, 7) is 3.70. The molecule has 2 rings (SSSR count). The van der Waals surface area contributed by atoms with Crippen molar-refractivity contribution >= 4 is 10.0 Å². The highest BCUT2D eigenvalue weighted by atomic mass is 32.2. The first-order valence-corrected chi connectivity index (χ1v) is 7.89. The van der Waals surface area contributed by atoms with E-state index in [0.29, 0.717) is 19.6 Å². The number of piperazine rings is 1. The molecular weight excluding hydrogens is 264 g/mol. The van der Waals surface area contributed by atoms with E-state index in [9.17, 15) is 13.5 Å². The molecule has 1 unspecified atom stereocenters. The zero-order chi connectivity index (χ0) is 14.0. The van der Waals surface area contributed by atoms with Crippen LogP contribution < -0.4 is 0 Å². The summed E-state index contributed by atoms with van der Waals surface area (Å²) in [5.74, 6) is -0.186. The maximum Gasteiger partial charge on any atom is 0.246 e. The smallest absolute Gasteiger partial charge is 0.246 e. The van der Waals surface area contributed by atoms with Gasteiger partial charge in [0.1, 0.15) is 10.6 Å². The Morgan fingerprint density at radius 2 is 2.00 bits per heavy atom. The van der Waals surface area contributed by atoms with E-state index in [-0.39, 0.29) is 16.7 Å². The van der Waals surface area contributed by atoms with Crippen molar-refractivity contribution in [1.29, 1.82) is 0 Å². The third-order valence-corrected chi connectivity index (χ3v) is 5.61. The van der Waals surface area contributed by atoms with Gasteiger partial charge in [-0.1, -0.05) is 19.1 Å². The highest BCUT2D eigenvalue weighted by molar-refractivity contribution is 7.89. The molecule has 0 radical (unpaired) electrons. The number of para-hydroxylation sites is 1. The summed E-state index contributed by atoms with van der Waals surface area (Å²) in [5, 5.41) is 9.74. The van der Waals surface area contributed by atoms with E-state index >= 15 is 0 Å². The van der Waals surface area contributed by atoms with E-state index in [1.54, 1.807) is 12.1 Å². The van der Waals surface area contributed by atoms with Crippen LogP contribution in [0.25, 0.3) is 0 Å². The minimum absolute atomic E-state index is 0.00518. The normalized spacial score (nSPS) is 22.5. The third-order valence-electron chi connectivity index (χ3n) is 3.69. The largest absolute Gasteiger partial charge is 0.507 e. The van der Waals surface area contributed by atoms with Gasteiger partial charge >= 0.3 is 0 Å². The number of hydrogen-bond acceptors (Lipinski definition) is 4. The Balaban J connectivity index is 2.28. The second-order valence-electron chi connectivity index (χ2n) is 4.87. The maximum absolute atomic E-state index is 12.5. The Hall–Kier alpha value is -1.11. The van der Waals surface area contributed by atoms with E-state index in [4.69, 9.17) is 0 Å². The molecule has 106 valence electrons. The van der Waals surface area contributed by atoms with Gasteiger partial charge < -0.3 is 10.0 Å². The first kappa shape index (κ1) is 14.3. The minimum Gasteiger partial charge on any atom is -0.507 e. The Bertz CT molecular complexity index is 545. The monoisotopic (exact) mass is 284 g/mol. The molecule has 1 heterocycles. The van der Waals surface area contributed by atoms with Gasteiger partial charge in [0.2, 0.25) is 10.0 Å². The standard InChI is InChI=1S/C13H20N2O3S/c1-3-11-10-15(9-8-14(11)2)19(17,18)13-7-5-4-6-12(13)16/h4-7,11,16H,3,8-10H2,1-2H3. The van der Waals surface area contributed by atoms with Gasteiger partial charge in [0, 0.05) is 25.7 Å². The molecular formula is C13H20N2O3S. The van der Waals surface area contributed by atoms with Crippen molar-refractivity contribution in [2.75, 3.05) is 26.7 Å². The molecule has 1 atom stereocenters. The van der Waals surface area contributed by atoms with Gasteiger partial charge in [0.15, 0.2) is 0 Å². The van der Waals surface area contributed by atoms with Crippen molar-refractivity contribution in [3.63, 3.8) is 0 Å². The summed E-state index contributed by atoms with van der Waals surface area (Å²) in [4.78, 5) is 2.17. The van der Waals surface area contributed by atoms with Crippen LogP contribution in [0, 0.1) is 0 Å². The highest BCUT2D eigenvalue weighted by Crippen LogP contribution is 2.26. The van der Waals surface area contributed by atoms with Gasteiger partial charge in [-0.2, -0.15) is 4.31 Å². The molecule has 6 heteroatoms. The fourth-order valence-corrected chi connectivity index (χ4v) is 3.94. The fraction of sp³-hybridized carbons (Fsp3) is 0.538. The first-order valence-electron chi connectivity index (χ1n) is 6.45. The van der Waals surface area contributed by atoms with Crippen molar-refractivity contribution in [1.82, 2.24) is 9.21 Å². The lowest BCUT2D eigenvalue weighted by molar-refractivity contribution is 0.144. The molecule has 0 aliphatic carbocycles. The summed E-state index contributed by atoms with van der Waals surface area (Å²) < 4.78 is 26.5. The summed E-state index contributed by atoms with van der Waals surface area (Å²) in [6, 6.07) is 6.33. The Morgan fingerprint density at radius 1 is 1.32 bits per heavy atom. The van der Waals surface area contributed by atoms with Crippen LogP contribution in [0.15, 0.2) is 29.2 Å². The molecule has 5 nitrogen and oxygen atoms in total. The van der Waals surface area contributed by atoms with E-state index in [1.165, 1.54) is 16.4 Å². The van der Waals surface area contributed by atoms with Crippen molar-refractivity contribution in [3.8, 4) is 5.75 Å². The molecule has 1 N–H and O–H groups in total. The van der Waals surface area contributed by atoms with E-state index in [2.05, 4.69) is 11.8 Å². The van der Waals surface area contributed by atoms with Crippen LogP contribution in [0.1, 0.15) is 13.3 Å². The first-order chi connectivity index (χ1) is 8.96. The van der Waals surface area contributed by atoms with Crippen LogP contribution in [0.3, 0.4) is 0 Å². The van der Waals surface area contributed by atoms with Crippen LogP contribution in [-0.2, 0) is 10.0 Å². The lowest BCUT2D eigenvalue weighted by Gasteiger charge is -2.38. The zero-order valence-corrected chi connectivity index (χ0v) is 12.1. The Kier molecular flexibility index (Phi) is 4.13. The van der Waals surface area contributed by atoms with Crippen LogP contribution >= 0.6 is 0 Å². The number of benzene rings is 1. The predicted molar refractivity (Wildman–Crippen MR) is 73.6 cm³/mol. The number of phenolic OH excluding ortho intramolecular Hbond substituents is 1. The number of phenols is 1. The topological polar surface area (TPSA) is 60.9 Å². The Morgan fingerprint density at radius 3 is 2.63 bits per heavy atom. The van der Waals surface area contributed by atoms with E-state index < -0.39 is 10.0 Å². The number of likely N-dealkylation sites (N-methyl/N-ethyl adjacent to an activating group) is 1. The molecule has 1 aliphatic rings. The van der Waals surface area contributed by atoms with Gasteiger partial charge in [-0.05, 0) is 25.6 Å². The SMILES string of the molecule is CCC1CN(S(=O)(=O)c2ccccc2O)CCN1C. The average molecular weight is 284 g/mol. The summed E-state index contributed by atoms with van der Waals surface area (Å²) in [6.07, 6.45) is 0.906. The number of aromatic hydroxyl groups is 1. The predicted octanol–water partition coefficient (Wildman–Crippen LogP) is 1.11. The van der Waals surface area contributed by atoms with Gasteiger partial charge in [0.25, 0.3) is 0 Å². The fourth-order valence-electron chi connectivity index (χ4n) is 2.39. The summed E-state index contributed by atoms with van der Waals surface area (Å²) >= 11 is 0. The number of sulfonamides is 1. The molecule has 1 aliphatic heterocycles. The average Bonchev–Trinajstić information content (AvgIpc) is 2.39. The lowest BCUT2D eigenvalue weighted by Crippen LogP contribution is -2.52. The number of nitrogens with zero attached hydrogens (tertiary/aromatic N) is 2. The third kappa shape index (κ3) is 2.75. The van der Waals surface area contributed by atoms with Crippen molar-refractivity contribution < 1.29 is 13.5 Å². The molecule has 1 aromatic rings. The second kappa shape index (κ2) is 5.48. The van der Waals surface area contributed by atoms with Gasteiger partial charge in [-0.25, -0.2) is 8.42 Å². The molecule has 1 aromatic carbocycles. The minimum atomic E-state index is -3.60. The molecule has 1 saturated heterocycles. The quantitative estimate of drug-likeness (QED) is 0.903. The second-order valence-corrected chi connectivity index (χ2v) is 6.78. The van der Waals surface area contributed by atoms with E-state index in [1.807, 2.05) is 7.05 Å². The van der Waals surface area contributed by atoms with Gasteiger partial charge in [-0.15, -0.1) is 0 Å². The molecule has 0 spiro atoms. The van der Waals surface area contributed by atoms with Crippen molar-refractivity contribution in [2.24, 2.45) is 0 Å². The van der Waals surface area contributed by atoms with Crippen molar-refractivity contribution in [3.05, 3.63) is 24.3 Å². The molecule has 0 amide bonds. The van der Waals surface area contributed by atoms with Crippen LogP contribution in [0.5, 0.6) is 5.75 Å². The summed E-state index contributed by atoms with van der Waals surface area (Å²) in [5.41, 5.74) is 0. The van der Waals surface area contributed by atoms with Gasteiger partial charge in [-0.3, -0.25) is 0 Å². The molecule has 1 fully saturated rings. The Labute approximate surface area is 114 Å². The molecule has 0 bridgehead atoms. The van der Waals surface area contributed by atoms with E-state index in [0.717, 1.165) is 6.42 Å². The molecule has 19 heavy (non-hydrogen) atoms. The highest BCUT2D eigenvalue weighted by Gasteiger charge is 2.33. The molecule has 0 aromatic heterocycles. The van der Waals surface area contributed by atoms with Gasteiger partial charge in [0.05, 0.1) is 0 Å². The van der Waals surface area contributed by atoms with Crippen LogP contribution in [0.4, 0.5) is 0 Å². The number of rotatable bonds is 3. The zero-order valence-electron chi connectivity index (χ0n) is 11.3. The maximum atomic E-state index is 12.5. The lowest BCUT2D eigenvalue weighted by atomic mass is 10.1. The number of hydrogen-bond donors (Lipinski definition) is 1.